The molecule has 2 saturated heterocycles. The van der Waals surface area contributed by atoms with E-state index < -0.39 is 42.7 Å². The molecule has 4 unspecified atom stereocenters. The Kier molecular flexibility index (Phi) is 6.53. The first-order chi connectivity index (χ1) is 16.9. The van der Waals surface area contributed by atoms with Crippen LogP contribution in [0.3, 0.4) is 0 Å². The number of fused-ring (bicyclic) bond motifs is 1. The van der Waals surface area contributed by atoms with Gasteiger partial charge in [-0.1, -0.05) is 41.9 Å². The van der Waals surface area contributed by atoms with Crippen molar-refractivity contribution in [2.75, 3.05) is 13.7 Å². The second-order valence-corrected chi connectivity index (χ2v) is 8.72. The van der Waals surface area contributed by atoms with Gasteiger partial charge in [0.1, 0.15) is 35.9 Å². The summed E-state index contributed by atoms with van der Waals surface area (Å²) >= 11 is 6.16. The van der Waals surface area contributed by atoms with Crippen LogP contribution in [0.5, 0.6) is 0 Å². The molecule has 0 bridgehead atoms. The number of nitrogens with two attached hydrogens (primary N) is 1. The van der Waals surface area contributed by atoms with Gasteiger partial charge < -0.3 is 29.8 Å². The molecule has 0 saturated carbocycles. The summed E-state index contributed by atoms with van der Waals surface area (Å²) in [4.78, 5) is 20.9. The van der Waals surface area contributed by atoms with E-state index in [9.17, 15) is 9.90 Å². The number of methoxy groups -OCH3 is 1. The molecule has 0 aliphatic carbocycles. The number of halogens is 1. The van der Waals surface area contributed by atoms with Crippen molar-refractivity contribution in [1.82, 2.24) is 19.7 Å². The Balaban J connectivity index is 1.47. The highest BCUT2D eigenvalue weighted by atomic mass is 35.5. The second kappa shape index (κ2) is 9.61. The van der Waals surface area contributed by atoms with Gasteiger partial charge in [0.05, 0.1) is 24.8 Å². The Morgan fingerprint density at radius 2 is 2.06 bits per heavy atom. The summed E-state index contributed by atoms with van der Waals surface area (Å²) in [5.74, 6) is -0.0791. The number of carbonyl (C=O) groups excluding carboxylic acids is 1. The van der Waals surface area contributed by atoms with Gasteiger partial charge in [-0.15, -0.1) is 0 Å². The Hall–Kier alpha value is -2.93. The highest BCUT2D eigenvalue weighted by Crippen LogP contribution is 2.38. The van der Waals surface area contributed by atoms with Crippen LogP contribution in [0.2, 0.25) is 5.02 Å². The third kappa shape index (κ3) is 4.42. The minimum absolute atomic E-state index is 0.0226. The third-order valence-corrected chi connectivity index (χ3v) is 6.18. The molecule has 184 valence electrons. The van der Waals surface area contributed by atoms with Crippen molar-refractivity contribution in [3.63, 3.8) is 0 Å². The third-order valence-electron chi connectivity index (χ3n) is 5.97. The van der Waals surface area contributed by atoms with Gasteiger partial charge in [-0.2, -0.15) is 5.10 Å². The number of pyridine rings is 1. The highest BCUT2D eigenvalue weighted by molar-refractivity contribution is 6.30. The Bertz CT molecular complexity index is 1220. The average Bonchev–Trinajstić information content (AvgIpc) is 3.27. The number of hydrogen-bond acceptors (Lipinski definition) is 10. The first-order valence-corrected chi connectivity index (χ1v) is 11.3. The molecule has 1 aromatic carbocycles. The van der Waals surface area contributed by atoms with E-state index >= 15 is 0 Å². The second-order valence-electron chi connectivity index (χ2n) is 8.28. The molecular formula is C23H24ClN5O6. The van der Waals surface area contributed by atoms with Crippen LogP contribution in [0.4, 0.5) is 0 Å². The van der Waals surface area contributed by atoms with E-state index in [2.05, 4.69) is 15.1 Å². The van der Waals surface area contributed by atoms with Gasteiger partial charge in [-0.3, -0.25) is 0 Å². The molecule has 2 fully saturated rings. The number of carbonyl (C=O) groups is 1. The molecule has 0 radical (unpaired) electrons. The molecule has 0 spiro atoms. The van der Waals surface area contributed by atoms with Crippen molar-refractivity contribution in [3.05, 3.63) is 70.5 Å². The Labute approximate surface area is 205 Å². The van der Waals surface area contributed by atoms with E-state index in [0.29, 0.717) is 5.82 Å². The van der Waals surface area contributed by atoms with Crippen LogP contribution in [0.25, 0.3) is 5.69 Å². The maximum absolute atomic E-state index is 12.3. The maximum Gasteiger partial charge on any atom is 0.358 e. The molecule has 2 aliphatic rings. The molecule has 12 heteroatoms. The standard InChI is InChI=1S/C23H24ClN5O6/c1-11-27-21(29(28-11)14-8-13(24)9-26-17(14)22(31)32-2)20-18(30)16(25)19-15(34-20)10-33-23(35-19)12-6-4-3-5-7-12/h3-9,15-16,18-20,23,30H,10,25H2,1-2H3/t15?,16?,18?,19-,20+,23?/m0/s1. The lowest BCUT2D eigenvalue weighted by molar-refractivity contribution is -0.309. The molecule has 3 N–H and O–H groups in total. The van der Waals surface area contributed by atoms with Crippen molar-refractivity contribution < 1.29 is 28.8 Å². The lowest BCUT2D eigenvalue weighted by Gasteiger charge is -2.46. The van der Waals surface area contributed by atoms with E-state index in [1.54, 1.807) is 6.92 Å². The zero-order valence-corrected chi connectivity index (χ0v) is 19.7. The van der Waals surface area contributed by atoms with Crippen LogP contribution >= 0.6 is 11.6 Å². The van der Waals surface area contributed by atoms with Crippen molar-refractivity contribution in [1.29, 1.82) is 0 Å². The molecule has 11 nitrogen and oxygen atoms in total. The number of esters is 1. The van der Waals surface area contributed by atoms with Crippen molar-refractivity contribution >= 4 is 17.6 Å². The number of aromatic nitrogens is 4. The smallest absolute Gasteiger partial charge is 0.358 e. The fraction of sp³-hybridized carbons (Fsp3) is 0.391. The molecule has 2 aromatic heterocycles. The summed E-state index contributed by atoms with van der Waals surface area (Å²) in [7, 11) is 1.24. The zero-order valence-electron chi connectivity index (χ0n) is 18.9. The van der Waals surface area contributed by atoms with Gasteiger partial charge >= 0.3 is 5.97 Å². The normalized spacial score (nSPS) is 28.4. The number of nitrogens with zero attached hydrogens (tertiary/aromatic N) is 4. The summed E-state index contributed by atoms with van der Waals surface area (Å²) in [6.07, 6.45) is -2.66. The number of rotatable bonds is 4. The van der Waals surface area contributed by atoms with Gasteiger partial charge in [0.15, 0.2) is 17.8 Å². The number of aliphatic hydroxyl groups is 1. The molecule has 2 aliphatic heterocycles. The molecule has 3 aromatic rings. The number of ether oxygens (including phenoxy) is 4. The van der Waals surface area contributed by atoms with E-state index in [4.69, 9.17) is 36.3 Å². The summed E-state index contributed by atoms with van der Waals surface area (Å²) in [5, 5.41) is 15.8. The van der Waals surface area contributed by atoms with Gasteiger partial charge in [-0.25, -0.2) is 19.4 Å². The lowest BCUT2D eigenvalue weighted by Crippen LogP contribution is -2.62. The average molecular weight is 502 g/mol. The SMILES string of the molecule is COC(=O)c1ncc(Cl)cc1-n1nc(C)nc1[C@@H]1OC2COC(c3ccccc3)O[C@@H]2C(N)C1O. The molecule has 5 rings (SSSR count). The van der Waals surface area contributed by atoms with Gasteiger partial charge in [0.25, 0.3) is 0 Å². The number of benzene rings is 1. The predicted molar refractivity (Wildman–Crippen MR) is 122 cm³/mol. The summed E-state index contributed by atoms with van der Waals surface area (Å²) in [6, 6.07) is 10.2. The van der Waals surface area contributed by atoms with Crippen LogP contribution in [0.15, 0.2) is 42.6 Å². The minimum Gasteiger partial charge on any atom is -0.464 e. The van der Waals surface area contributed by atoms with Crippen LogP contribution in [0, 0.1) is 6.92 Å². The van der Waals surface area contributed by atoms with Crippen LogP contribution in [-0.2, 0) is 18.9 Å². The van der Waals surface area contributed by atoms with Gasteiger partial charge in [0, 0.05) is 11.8 Å². The molecule has 0 amide bonds. The van der Waals surface area contributed by atoms with Crippen molar-refractivity contribution in [3.8, 4) is 5.69 Å². The molecule has 35 heavy (non-hydrogen) atoms. The fourth-order valence-corrected chi connectivity index (χ4v) is 4.45. The summed E-state index contributed by atoms with van der Waals surface area (Å²) < 4.78 is 24.4. The van der Waals surface area contributed by atoms with E-state index in [1.807, 2.05) is 30.3 Å². The van der Waals surface area contributed by atoms with Crippen molar-refractivity contribution in [2.45, 2.75) is 43.7 Å². The monoisotopic (exact) mass is 501 g/mol. The number of aliphatic hydroxyl groups excluding tert-OH is 1. The van der Waals surface area contributed by atoms with Crippen LogP contribution in [0.1, 0.15) is 40.1 Å². The number of hydrogen-bond donors (Lipinski definition) is 2. The largest absolute Gasteiger partial charge is 0.464 e. The van der Waals surface area contributed by atoms with Crippen LogP contribution < -0.4 is 5.73 Å². The Morgan fingerprint density at radius 3 is 2.80 bits per heavy atom. The topological polar surface area (TPSA) is 144 Å². The molecule has 4 heterocycles. The molecular weight excluding hydrogens is 478 g/mol. The predicted octanol–water partition coefficient (Wildman–Crippen LogP) is 1.65. The Morgan fingerprint density at radius 1 is 1.29 bits per heavy atom. The highest BCUT2D eigenvalue weighted by Gasteiger charge is 2.49. The number of aryl methyl sites for hydroxylation is 1. The zero-order chi connectivity index (χ0) is 24.7. The fourth-order valence-electron chi connectivity index (χ4n) is 4.30. The maximum atomic E-state index is 12.3. The summed E-state index contributed by atoms with van der Waals surface area (Å²) in [5.41, 5.74) is 7.49. The van der Waals surface area contributed by atoms with Crippen molar-refractivity contribution in [2.24, 2.45) is 5.73 Å². The minimum atomic E-state index is -1.19. The first kappa shape index (κ1) is 23.8. The first-order valence-electron chi connectivity index (χ1n) is 11.0. The van der Waals surface area contributed by atoms with E-state index in [-0.39, 0.29) is 28.8 Å². The summed E-state index contributed by atoms with van der Waals surface area (Å²) in [6.45, 7) is 1.87. The van der Waals surface area contributed by atoms with E-state index in [1.165, 1.54) is 24.1 Å². The van der Waals surface area contributed by atoms with Crippen LogP contribution in [-0.4, -0.2) is 68.9 Å². The van der Waals surface area contributed by atoms with E-state index in [0.717, 1.165) is 5.56 Å². The van der Waals surface area contributed by atoms with Gasteiger partial charge in [-0.05, 0) is 13.0 Å². The quantitative estimate of drug-likeness (QED) is 0.506. The van der Waals surface area contributed by atoms with Gasteiger partial charge in [0.2, 0.25) is 0 Å². The molecule has 6 atom stereocenters. The lowest BCUT2D eigenvalue weighted by atomic mass is 9.92.